The van der Waals surface area contributed by atoms with Crippen LogP contribution in [0.3, 0.4) is 0 Å². The van der Waals surface area contributed by atoms with Crippen LogP contribution in [0.4, 0.5) is 11.4 Å². The predicted molar refractivity (Wildman–Crippen MR) is 155 cm³/mol. The molecule has 0 bridgehead atoms. The average Bonchev–Trinajstić information content (AvgIpc) is 3.37. The zero-order valence-electron chi connectivity index (χ0n) is 21.6. The smallest absolute Gasteiger partial charge is 0.335 e. The van der Waals surface area contributed by atoms with E-state index in [1.807, 2.05) is 18.2 Å². The standard InChI is InChI=1S/C27H24Cl2N6O4S/c1-27(2,3)17-8-11-22(20(29)12-17)35-26(32-33-34-35)40-14-23(36)31-21-10-9-18(13-19(21)28)30-24(37)15-4-6-16(7-5-15)25(38)39/h4-13H,14H2,1-3H3,(H,30,37)(H,31,36)(H,38,39). The number of halogens is 2. The van der Waals surface area contributed by atoms with Gasteiger partial charge in [-0.05, 0) is 76.0 Å². The largest absolute Gasteiger partial charge is 0.478 e. The number of amides is 2. The number of aromatic carboxylic acids is 1. The lowest BCUT2D eigenvalue weighted by molar-refractivity contribution is -0.113. The van der Waals surface area contributed by atoms with Gasteiger partial charge in [0.1, 0.15) is 0 Å². The molecule has 0 radical (unpaired) electrons. The average molecular weight is 600 g/mol. The molecule has 0 aliphatic carbocycles. The molecule has 2 amide bonds. The van der Waals surface area contributed by atoms with Crippen LogP contribution in [0.5, 0.6) is 0 Å². The summed E-state index contributed by atoms with van der Waals surface area (Å²) in [6.07, 6.45) is 0. The van der Waals surface area contributed by atoms with E-state index in [4.69, 9.17) is 28.3 Å². The quantitative estimate of drug-likeness (QED) is 0.211. The van der Waals surface area contributed by atoms with Crippen molar-refractivity contribution in [1.82, 2.24) is 20.2 Å². The fourth-order valence-electron chi connectivity index (χ4n) is 3.54. The number of hydrogen-bond acceptors (Lipinski definition) is 7. The fraction of sp³-hybridized carbons (Fsp3) is 0.185. The number of anilines is 2. The van der Waals surface area contributed by atoms with E-state index in [0.717, 1.165) is 17.3 Å². The maximum Gasteiger partial charge on any atom is 0.335 e. The van der Waals surface area contributed by atoms with Gasteiger partial charge in [0.25, 0.3) is 5.91 Å². The number of carbonyl (C=O) groups excluding carboxylic acids is 2. The van der Waals surface area contributed by atoms with Gasteiger partial charge >= 0.3 is 5.97 Å². The van der Waals surface area contributed by atoms with E-state index < -0.39 is 11.9 Å². The van der Waals surface area contributed by atoms with Crippen molar-refractivity contribution in [3.05, 3.63) is 87.4 Å². The molecule has 0 unspecified atom stereocenters. The number of tetrazole rings is 1. The zero-order chi connectivity index (χ0) is 29.0. The Balaban J connectivity index is 1.36. The van der Waals surface area contributed by atoms with Crippen molar-refractivity contribution >= 4 is 64.1 Å². The molecule has 1 heterocycles. The van der Waals surface area contributed by atoms with Crippen molar-refractivity contribution in [2.75, 3.05) is 16.4 Å². The van der Waals surface area contributed by atoms with Gasteiger partial charge in [-0.1, -0.05) is 61.8 Å². The summed E-state index contributed by atoms with van der Waals surface area (Å²) in [7, 11) is 0. The number of carboxylic acids is 1. The Morgan fingerprint density at radius 2 is 1.62 bits per heavy atom. The molecular weight excluding hydrogens is 575 g/mol. The van der Waals surface area contributed by atoms with Gasteiger partial charge in [0.15, 0.2) is 0 Å². The second kappa shape index (κ2) is 12.1. The minimum Gasteiger partial charge on any atom is -0.478 e. The third-order valence-corrected chi connectivity index (χ3v) is 7.24. The Morgan fingerprint density at radius 1 is 0.925 bits per heavy atom. The summed E-state index contributed by atoms with van der Waals surface area (Å²) in [5.41, 5.74) is 2.71. The molecule has 206 valence electrons. The first-order valence-corrected chi connectivity index (χ1v) is 13.6. The van der Waals surface area contributed by atoms with Gasteiger partial charge in [-0.3, -0.25) is 9.59 Å². The van der Waals surface area contributed by atoms with Crippen LogP contribution in [0, 0.1) is 0 Å². The lowest BCUT2D eigenvalue weighted by atomic mass is 9.87. The number of carbonyl (C=O) groups is 3. The van der Waals surface area contributed by atoms with E-state index in [-0.39, 0.29) is 33.2 Å². The number of thioether (sulfide) groups is 1. The van der Waals surface area contributed by atoms with Crippen LogP contribution in [0.1, 0.15) is 47.1 Å². The molecule has 4 aromatic rings. The van der Waals surface area contributed by atoms with Crippen LogP contribution in [-0.2, 0) is 10.2 Å². The van der Waals surface area contributed by atoms with Crippen LogP contribution >= 0.6 is 35.0 Å². The van der Waals surface area contributed by atoms with Crippen molar-refractivity contribution in [1.29, 1.82) is 0 Å². The Labute approximate surface area is 244 Å². The highest BCUT2D eigenvalue weighted by Gasteiger charge is 2.19. The van der Waals surface area contributed by atoms with Crippen molar-refractivity contribution < 1.29 is 19.5 Å². The topological polar surface area (TPSA) is 139 Å². The van der Waals surface area contributed by atoms with Crippen molar-refractivity contribution in [3.63, 3.8) is 0 Å². The molecule has 0 aliphatic rings. The monoisotopic (exact) mass is 598 g/mol. The Kier molecular flexibility index (Phi) is 8.77. The second-order valence-corrected chi connectivity index (χ2v) is 11.4. The SMILES string of the molecule is CC(C)(C)c1ccc(-n2nnnc2SCC(=O)Nc2ccc(NC(=O)c3ccc(C(=O)O)cc3)cc2Cl)c(Cl)c1. The summed E-state index contributed by atoms with van der Waals surface area (Å²) in [6.45, 7) is 6.28. The molecular formula is C27H24Cl2N6O4S. The maximum absolute atomic E-state index is 12.6. The summed E-state index contributed by atoms with van der Waals surface area (Å²) in [5, 5.41) is 27.3. The van der Waals surface area contributed by atoms with Crippen molar-refractivity contribution in [2.24, 2.45) is 0 Å². The number of benzene rings is 3. The molecule has 0 atom stereocenters. The first kappa shape index (κ1) is 29.1. The van der Waals surface area contributed by atoms with Gasteiger partial charge in [0.05, 0.1) is 32.7 Å². The highest BCUT2D eigenvalue weighted by molar-refractivity contribution is 7.99. The van der Waals surface area contributed by atoms with Crippen molar-refractivity contribution in [3.8, 4) is 5.69 Å². The summed E-state index contributed by atoms with van der Waals surface area (Å²) in [5.74, 6) is -1.86. The number of aromatic nitrogens is 4. The number of carboxylic acid groups (broad SMARTS) is 1. The molecule has 0 aliphatic heterocycles. The zero-order valence-corrected chi connectivity index (χ0v) is 23.9. The van der Waals surface area contributed by atoms with Gasteiger partial charge in [-0.25, -0.2) is 4.79 Å². The lowest BCUT2D eigenvalue weighted by Crippen LogP contribution is -2.16. The molecule has 10 nitrogen and oxygen atoms in total. The first-order valence-electron chi connectivity index (χ1n) is 11.9. The summed E-state index contributed by atoms with van der Waals surface area (Å²) < 4.78 is 1.48. The number of nitrogens with one attached hydrogen (secondary N) is 2. The van der Waals surface area contributed by atoms with Crippen LogP contribution in [0.15, 0.2) is 65.8 Å². The third-order valence-electron chi connectivity index (χ3n) is 5.71. The van der Waals surface area contributed by atoms with E-state index in [1.54, 1.807) is 12.1 Å². The molecule has 13 heteroatoms. The van der Waals surface area contributed by atoms with E-state index in [9.17, 15) is 14.4 Å². The van der Waals surface area contributed by atoms with E-state index in [0.29, 0.717) is 27.2 Å². The summed E-state index contributed by atoms with van der Waals surface area (Å²) in [4.78, 5) is 36.1. The molecule has 4 rings (SSSR count). The third kappa shape index (κ3) is 6.98. The Hall–Kier alpha value is -3.93. The van der Waals surface area contributed by atoms with Gasteiger partial charge in [0, 0.05) is 11.3 Å². The lowest BCUT2D eigenvalue weighted by Gasteiger charge is -2.20. The first-order chi connectivity index (χ1) is 18.9. The maximum atomic E-state index is 12.6. The summed E-state index contributed by atoms with van der Waals surface area (Å²) in [6, 6.07) is 15.8. The minimum atomic E-state index is -1.08. The number of hydrogen-bond donors (Lipinski definition) is 3. The van der Waals surface area contributed by atoms with E-state index in [2.05, 4.69) is 46.9 Å². The highest BCUT2D eigenvalue weighted by atomic mass is 35.5. The molecule has 40 heavy (non-hydrogen) atoms. The minimum absolute atomic E-state index is 0.000772. The number of rotatable bonds is 8. The van der Waals surface area contributed by atoms with E-state index >= 15 is 0 Å². The molecule has 3 N–H and O–H groups in total. The van der Waals surface area contributed by atoms with Crippen LogP contribution in [0.25, 0.3) is 5.69 Å². The van der Waals surface area contributed by atoms with E-state index in [1.165, 1.54) is 35.0 Å². The van der Waals surface area contributed by atoms with Crippen molar-refractivity contribution in [2.45, 2.75) is 31.3 Å². The Bertz CT molecular complexity index is 1580. The van der Waals surface area contributed by atoms with Gasteiger partial charge in [-0.15, -0.1) is 5.10 Å². The molecule has 0 fully saturated rings. The van der Waals surface area contributed by atoms with Gasteiger partial charge in [0.2, 0.25) is 11.1 Å². The number of nitrogens with zero attached hydrogens (tertiary/aromatic N) is 4. The van der Waals surface area contributed by atoms with Gasteiger partial charge < -0.3 is 15.7 Å². The van der Waals surface area contributed by atoms with Crippen LogP contribution in [0.2, 0.25) is 10.0 Å². The normalized spacial score (nSPS) is 11.2. The van der Waals surface area contributed by atoms with Gasteiger partial charge in [-0.2, -0.15) is 4.68 Å². The molecule has 3 aromatic carbocycles. The predicted octanol–water partition coefficient (Wildman–Crippen LogP) is 5.95. The van der Waals surface area contributed by atoms with Crippen LogP contribution < -0.4 is 10.6 Å². The second-order valence-electron chi connectivity index (χ2n) is 9.66. The molecule has 1 aromatic heterocycles. The molecule has 0 spiro atoms. The fourth-order valence-corrected chi connectivity index (χ4v) is 4.72. The molecule has 0 saturated carbocycles. The highest BCUT2D eigenvalue weighted by Crippen LogP contribution is 2.31. The molecule has 0 saturated heterocycles. The van der Waals surface area contributed by atoms with Crippen LogP contribution in [-0.4, -0.2) is 48.9 Å². The summed E-state index contributed by atoms with van der Waals surface area (Å²) >= 11 is 14.0. The Morgan fingerprint density at radius 3 is 2.25 bits per heavy atom.